The van der Waals surface area contributed by atoms with Crippen molar-refractivity contribution in [2.75, 3.05) is 23.6 Å². The Hall–Kier alpha value is -3.82. The number of carbonyl (C=O) groups is 2. The number of benzene rings is 3. The number of hydrazine groups is 1. The number of aliphatic carboxylic acids is 1. The second-order valence-corrected chi connectivity index (χ2v) is 10.6. The lowest BCUT2D eigenvalue weighted by molar-refractivity contribution is -0.139. The van der Waals surface area contributed by atoms with Gasteiger partial charge in [-0.3, -0.25) is 10.2 Å². The number of carbonyl (C=O) groups excluding carboxylic acids is 1. The second kappa shape index (κ2) is 15.1. The number of aryl methyl sites for hydroxylation is 1. The van der Waals surface area contributed by atoms with Gasteiger partial charge < -0.3 is 15.3 Å². The van der Waals surface area contributed by atoms with Gasteiger partial charge in [0.2, 0.25) is 5.96 Å². The highest BCUT2D eigenvalue weighted by Gasteiger charge is 2.23. The van der Waals surface area contributed by atoms with Crippen LogP contribution in [0.1, 0.15) is 47.7 Å². The van der Waals surface area contributed by atoms with Crippen molar-refractivity contribution in [2.45, 2.75) is 45.7 Å². The van der Waals surface area contributed by atoms with Gasteiger partial charge in [0.25, 0.3) is 5.91 Å². The summed E-state index contributed by atoms with van der Waals surface area (Å²) in [6.07, 6.45) is 4.10. The van der Waals surface area contributed by atoms with E-state index in [1.165, 1.54) is 16.8 Å². The van der Waals surface area contributed by atoms with E-state index in [0.717, 1.165) is 40.8 Å². The van der Waals surface area contributed by atoms with Crippen molar-refractivity contribution in [2.24, 2.45) is 5.84 Å². The number of hydrogen-bond donors (Lipinski definition) is 4. The Labute approximate surface area is 241 Å². The van der Waals surface area contributed by atoms with E-state index in [0.29, 0.717) is 30.8 Å². The van der Waals surface area contributed by atoms with Crippen LogP contribution in [0.25, 0.3) is 11.1 Å². The van der Waals surface area contributed by atoms with Gasteiger partial charge in [-0.15, -0.1) is 0 Å². The SMILES string of the molecule is CCCCN(Cc1ccc(C(=O)NC(CCSC)C(=O)O)c(-c2ccccc2C)c1)C(=N)N(N)c1ccccc1. The minimum absolute atomic E-state index is 0.178. The van der Waals surface area contributed by atoms with Crippen molar-refractivity contribution in [1.82, 2.24) is 10.2 Å². The van der Waals surface area contributed by atoms with Crippen molar-refractivity contribution in [3.05, 3.63) is 89.5 Å². The topological polar surface area (TPSA) is 123 Å². The van der Waals surface area contributed by atoms with Gasteiger partial charge in [-0.2, -0.15) is 11.8 Å². The lowest BCUT2D eigenvalue weighted by Gasteiger charge is -2.31. The zero-order valence-corrected chi connectivity index (χ0v) is 24.2. The molecule has 3 aromatic rings. The average Bonchev–Trinajstić information content (AvgIpc) is 2.97. The zero-order chi connectivity index (χ0) is 29.1. The van der Waals surface area contributed by atoms with Crippen LogP contribution in [0.5, 0.6) is 0 Å². The molecule has 0 radical (unpaired) electrons. The van der Waals surface area contributed by atoms with E-state index in [4.69, 9.17) is 11.3 Å². The van der Waals surface area contributed by atoms with E-state index in [-0.39, 0.29) is 5.96 Å². The Balaban J connectivity index is 1.97. The number of amides is 1. The fourth-order valence-electron chi connectivity index (χ4n) is 4.41. The predicted octanol–water partition coefficient (Wildman–Crippen LogP) is 5.52. The molecule has 1 unspecified atom stereocenters. The highest BCUT2D eigenvalue weighted by Crippen LogP contribution is 2.29. The zero-order valence-electron chi connectivity index (χ0n) is 23.4. The van der Waals surface area contributed by atoms with Crippen LogP contribution in [0.2, 0.25) is 0 Å². The van der Waals surface area contributed by atoms with E-state index in [9.17, 15) is 14.7 Å². The molecule has 0 bridgehead atoms. The van der Waals surface area contributed by atoms with Crippen molar-refractivity contribution in [3.63, 3.8) is 0 Å². The number of carboxylic acids is 1. The lowest BCUT2D eigenvalue weighted by Crippen LogP contribution is -2.48. The molecule has 0 fully saturated rings. The first kappa shape index (κ1) is 30.7. The first-order chi connectivity index (χ1) is 19.3. The van der Waals surface area contributed by atoms with Gasteiger partial charge in [0.15, 0.2) is 0 Å². The third-order valence-electron chi connectivity index (χ3n) is 6.70. The monoisotopic (exact) mass is 561 g/mol. The fourth-order valence-corrected chi connectivity index (χ4v) is 4.88. The predicted molar refractivity (Wildman–Crippen MR) is 165 cm³/mol. The summed E-state index contributed by atoms with van der Waals surface area (Å²) in [6, 6.07) is 21.8. The van der Waals surface area contributed by atoms with Gasteiger partial charge in [0.1, 0.15) is 6.04 Å². The molecule has 0 heterocycles. The van der Waals surface area contributed by atoms with E-state index in [1.54, 1.807) is 6.07 Å². The van der Waals surface area contributed by atoms with Crippen LogP contribution in [-0.2, 0) is 11.3 Å². The minimum Gasteiger partial charge on any atom is -0.480 e. The molecular formula is C31H39N5O3S. The summed E-state index contributed by atoms with van der Waals surface area (Å²) in [5, 5.41) is 22.6. The van der Waals surface area contributed by atoms with Crippen molar-refractivity contribution >= 4 is 35.3 Å². The molecule has 0 aliphatic rings. The normalized spacial score (nSPS) is 11.5. The van der Waals surface area contributed by atoms with E-state index in [1.807, 2.05) is 84.8 Å². The van der Waals surface area contributed by atoms with Crippen molar-refractivity contribution in [3.8, 4) is 11.1 Å². The Morgan fingerprint density at radius 2 is 1.75 bits per heavy atom. The van der Waals surface area contributed by atoms with E-state index >= 15 is 0 Å². The molecule has 3 rings (SSSR count). The highest BCUT2D eigenvalue weighted by molar-refractivity contribution is 7.98. The largest absolute Gasteiger partial charge is 0.480 e. The molecule has 0 spiro atoms. The molecule has 8 nitrogen and oxygen atoms in total. The van der Waals surface area contributed by atoms with Gasteiger partial charge in [-0.1, -0.05) is 61.9 Å². The molecule has 1 amide bonds. The molecule has 212 valence electrons. The van der Waals surface area contributed by atoms with E-state index < -0.39 is 17.9 Å². The number of carboxylic acid groups (broad SMARTS) is 1. The molecule has 0 aliphatic carbocycles. The Kier molecular flexibility index (Phi) is 11.6. The highest BCUT2D eigenvalue weighted by atomic mass is 32.2. The summed E-state index contributed by atoms with van der Waals surface area (Å²) in [4.78, 5) is 27.1. The number of thioether (sulfide) groups is 1. The van der Waals surface area contributed by atoms with Gasteiger partial charge in [0.05, 0.1) is 5.69 Å². The maximum Gasteiger partial charge on any atom is 0.326 e. The summed E-state index contributed by atoms with van der Waals surface area (Å²) < 4.78 is 0. The van der Waals surface area contributed by atoms with Crippen LogP contribution in [0.4, 0.5) is 5.69 Å². The summed E-state index contributed by atoms with van der Waals surface area (Å²) in [6.45, 7) is 5.16. The molecule has 0 saturated heterocycles. The lowest BCUT2D eigenvalue weighted by atomic mass is 9.93. The maximum atomic E-state index is 13.4. The first-order valence-corrected chi connectivity index (χ1v) is 14.8. The van der Waals surface area contributed by atoms with E-state index in [2.05, 4.69) is 12.2 Å². The van der Waals surface area contributed by atoms with Crippen LogP contribution in [-0.4, -0.2) is 52.4 Å². The number of nitrogens with one attached hydrogen (secondary N) is 2. The maximum absolute atomic E-state index is 13.4. The molecule has 9 heteroatoms. The standard InChI is InChI=1S/C31H39N5O3S/c1-4-5-18-35(31(32)36(33)24-12-7-6-8-13-24)21-23-15-16-26(27(20-23)25-14-10-9-11-22(25)2)29(37)34-28(30(38)39)17-19-40-3/h6-16,20,28,32H,4-5,17-19,21,33H2,1-3H3,(H,34,37)(H,38,39). The molecule has 3 aromatic carbocycles. The molecule has 0 aromatic heterocycles. The van der Waals surface area contributed by atoms with Crippen LogP contribution in [0.3, 0.4) is 0 Å². The van der Waals surface area contributed by atoms with Gasteiger partial charge in [0, 0.05) is 18.7 Å². The summed E-state index contributed by atoms with van der Waals surface area (Å²) >= 11 is 1.54. The summed E-state index contributed by atoms with van der Waals surface area (Å²) in [5.41, 5.74) is 4.65. The quantitative estimate of drug-likeness (QED) is 0.0938. The van der Waals surface area contributed by atoms with Crippen LogP contribution < -0.4 is 16.2 Å². The number of hydrogen-bond acceptors (Lipinski definition) is 5. The number of nitrogens with zero attached hydrogens (tertiary/aromatic N) is 2. The number of rotatable bonds is 13. The summed E-state index contributed by atoms with van der Waals surface area (Å²) in [7, 11) is 0. The average molecular weight is 562 g/mol. The number of unbranched alkanes of at least 4 members (excludes halogenated alkanes) is 1. The third-order valence-corrected chi connectivity index (χ3v) is 7.34. The van der Waals surface area contributed by atoms with Crippen LogP contribution >= 0.6 is 11.8 Å². The van der Waals surface area contributed by atoms with Crippen LogP contribution in [0.15, 0.2) is 72.8 Å². The Bertz CT molecular complexity index is 1300. The summed E-state index contributed by atoms with van der Waals surface area (Å²) in [5.74, 6) is 5.67. The van der Waals surface area contributed by atoms with Gasteiger partial charge in [-0.05, 0) is 78.3 Å². The smallest absolute Gasteiger partial charge is 0.326 e. The number of anilines is 1. The third kappa shape index (κ3) is 8.09. The Morgan fingerprint density at radius 1 is 1.05 bits per heavy atom. The molecule has 0 aliphatic heterocycles. The fraction of sp³-hybridized carbons (Fsp3) is 0.323. The molecule has 1 atom stereocenters. The molecule has 0 saturated carbocycles. The number of para-hydroxylation sites is 1. The van der Waals surface area contributed by atoms with Crippen LogP contribution in [0, 0.1) is 12.3 Å². The van der Waals surface area contributed by atoms with Gasteiger partial charge in [-0.25, -0.2) is 15.6 Å². The molecular weight excluding hydrogens is 522 g/mol. The number of nitrogens with two attached hydrogens (primary N) is 1. The molecule has 5 N–H and O–H groups in total. The van der Waals surface area contributed by atoms with Crippen molar-refractivity contribution < 1.29 is 14.7 Å². The van der Waals surface area contributed by atoms with Crippen molar-refractivity contribution in [1.29, 1.82) is 5.41 Å². The number of guanidine groups is 1. The molecule has 40 heavy (non-hydrogen) atoms. The Morgan fingerprint density at radius 3 is 2.40 bits per heavy atom. The van der Waals surface area contributed by atoms with Gasteiger partial charge >= 0.3 is 5.97 Å². The minimum atomic E-state index is -1.05. The second-order valence-electron chi connectivity index (χ2n) is 9.64. The first-order valence-electron chi connectivity index (χ1n) is 13.4.